The molecule has 9 heteroatoms. The van der Waals surface area contributed by atoms with Crippen LogP contribution in [-0.2, 0) is 11.2 Å². The van der Waals surface area contributed by atoms with Crippen molar-refractivity contribution in [3.8, 4) is 17.1 Å². The number of rotatable bonds is 8. The average molecular weight is 651 g/mol. The maximum Gasteiger partial charge on any atom is 0.319 e. The lowest BCUT2D eigenvalue weighted by atomic mass is 9.92. The van der Waals surface area contributed by atoms with Crippen LogP contribution in [0, 0.1) is 11.2 Å². The highest BCUT2D eigenvalue weighted by Crippen LogP contribution is 2.49. The van der Waals surface area contributed by atoms with E-state index in [4.69, 9.17) is 25.2 Å². The van der Waals surface area contributed by atoms with E-state index in [0.29, 0.717) is 47.5 Å². The third kappa shape index (κ3) is 5.48. The Balaban J connectivity index is 1.11. The van der Waals surface area contributed by atoms with Gasteiger partial charge in [-0.05, 0) is 91.5 Å². The summed E-state index contributed by atoms with van der Waals surface area (Å²) in [5.41, 5.74) is 9.90. The number of nitrogen functional groups attached to an aromatic ring is 1. The number of aromatic nitrogens is 2. The zero-order valence-electron chi connectivity index (χ0n) is 28.0. The number of halogens is 1. The molecule has 252 valence electrons. The van der Waals surface area contributed by atoms with Gasteiger partial charge in [0.2, 0.25) is 0 Å². The van der Waals surface area contributed by atoms with Gasteiger partial charge in [-0.15, -0.1) is 0 Å². The van der Waals surface area contributed by atoms with Crippen molar-refractivity contribution in [3.05, 3.63) is 53.8 Å². The molecule has 3 N–H and O–H groups in total. The Bertz CT molecular complexity index is 1850. The molecule has 0 amide bonds. The van der Waals surface area contributed by atoms with Crippen molar-refractivity contribution in [3.63, 3.8) is 0 Å². The number of morpholine rings is 1. The first-order valence-electron chi connectivity index (χ1n) is 18.3. The SMILES string of the molecule is CCc1cccc2cc(N)cc(-c3ccc4c(N5CC[C@H]6CCC[C@@H](C5)N6)nc(OCC5(CN6C7CCC6COC7)CC5)nc4c3F)c12. The van der Waals surface area contributed by atoms with Crippen LogP contribution in [-0.4, -0.2) is 78.5 Å². The monoisotopic (exact) mass is 650 g/mol. The van der Waals surface area contributed by atoms with E-state index < -0.39 is 0 Å². The molecular formula is C39H47FN6O2. The Morgan fingerprint density at radius 1 is 1.00 bits per heavy atom. The minimum atomic E-state index is -0.350. The number of nitrogens with zero attached hydrogens (tertiary/aromatic N) is 4. The van der Waals surface area contributed by atoms with Gasteiger partial charge in [0.15, 0.2) is 5.82 Å². The second-order valence-electron chi connectivity index (χ2n) is 15.2. The molecular weight excluding hydrogens is 603 g/mol. The van der Waals surface area contributed by atoms with Crippen LogP contribution in [0.3, 0.4) is 0 Å². The predicted molar refractivity (Wildman–Crippen MR) is 189 cm³/mol. The standard InChI is InChI=1S/C39H47FN6O2/c1-2-24-5-3-6-25-17-26(41)18-33(34(24)25)31-11-12-32-36(35(31)40)43-38(44-37(32)45-16-13-27-7-4-8-28(19-45)42-27)48-23-39(14-15-39)22-46-29-9-10-30(46)21-47-20-29/h3,5-6,11-12,17-18,27-30,42H,2,4,7-10,13-16,19-23,41H2,1H3/t27-,28+,29?,30?/m1/s1. The molecule has 2 unspecified atom stereocenters. The molecule has 9 rings (SSSR count). The molecule has 4 atom stereocenters. The van der Waals surface area contributed by atoms with Crippen LogP contribution in [0.25, 0.3) is 32.8 Å². The quantitative estimate of drug-likeness (QED) is 0.210. The molecule has 5 heterocycles. The third-order valence-corrected chi connectivity index (χ3v) is 12.0. The van der Waals surface area contributed by atoms with E-state index >= 15 is 4.39 Å². The molecule has 5 aliphatic rings. The fourth-order valence-electron chi connectivity index (χ4n) is 9.12. The van der Waals surface area contributed by atoms with Gasteiger partial charge >= 0.3 is 6.01 Å². The number of fused-ring (bicyclic) bond motifs is 6. The summed E-state index contributed by atoms with van der Waals surface area (Å²) >= 11 is 0. The summed E-state index contributed by atoms with van der Waals surface area (Å²) < 4.78 is 29.5. The zero-order valence-corrected chi connectivity index (χ0v) is 28.0. The molecule has 3 aromatic carbocycles. The molecule has 0 spiro atoms. The maximum absolute atomic E-state index is 17.1. The summed E-state index contributed by atoms with van der Waals surface area (Å²) in [5, 5.41) is 6.63. The number of piperidine rings is 1. The van der Waals surface area contributed by atoms with E-state index in [1.165, 1.54) is 31.2 Å². The van der Waals surface area contributed by atoms with Gasteiger partial charge in [-0.25, -0.2) is 4.39 Å². The lowest BCUT2D eigenvalue weighted by Crippen LogP contribution is -2.49. The first-order valence-corrected chi connectivity index (χ1v) is 18.3. The van der Waals surface area contributed by atoms with Gasteiger partial charge in [-0.1, -0.05) is 37.6 Å². The highest BCUT2D eigenvalue weighted by molar-refractivity contribution is 6.03. The smallest absolute Gasteiger partial charge is 0.319 e. The Morgan fingerprint density at radius 3 is 2.65 bits per heavy atom. The largest absolute Gasteiger partial charge is 0.463 e. The second kappa shape index (κ2) is 12.1. The van der Waals surface area contributed by atoms with Gasteiger partial charge in [0.1, 0.15) is 11.3 Å². The van der Waals surface area contributed by atoms with Gasteiger partial charge in [0, 0.05) is 65.9 Å². The van der Waals surface area contributed by atoms with Gasteiger partial charge in [-0.2, -0.15) is 9.97 Å². The van der Waals surface area contributed by atoms with Crippen molar-refractivity contribution in [1.29, 1.82) is 0 Å². The van der Waals surface area contributed by atoms with Crippen molar-refractivity contribution in [2.45, 2.75) is 88.9 Å². The maximum atomic E-state index is 17.1. The fourth-order valence-corrected chi connectivity index (χ4v) is 9.12. The Labute approximate surface area is 282 Å². The van der Waals surface area contributed by atoms with Gasteiger partial charge in [-0.3, -0.25) is 4.90 Å². The minimum absolute atomic E-state index is 0.0949. The molecule has 0 radical (unpaired) electrons. The van der Waals surface area contributed by atoms with E-state index in [1.807, 2.05) is 30.3 Å². The molecule has 4 aromatic rings. The van der Waals surface area contributed by atoms with E-state index in [2.05, 4.69) is 34.2 Å². The summed E-state index contributed by atoms with van der Waals surface area (Å²) in [6, 6.07) is 16.2. The van der Waals surface area contributed by atoms with Gasteiger partial charge in [0.05, 0.1) is 19.8 Å². The molecule has 1 aliphatic carbocycles. The van der Waals surface area contributed by atoms with Crippen LogP contribution in [0.5, 0.6) is 6.01 Å². The van der Waals surface area contributed by atoms with Gasteiger partial charge in [0.25, 0.3) is 0 Å². The second-order valence-corrected chi connectivity index (χ2v) is 15.2. The lowest BCUT2D eigenvalue weighted by molar-refractivity contribution is -0.0271. The molecule has 48 heavy (non-hydrogen) atoms. The van der Waals surface area contributed by atoms with E-state index in [0.717, 1.165) is 92.5 Å². The van der Waals surface area contributed by atoms with E-state index in [-0.39, 0.29) is 17.2 Å². The van der Waals surface area contributed by atoms with Crippen molar-refractivity contribution < 1.29 is 13.9 Å². The molecule has 5 fully saturated rings. The van der Waals surface area contributed by atoms with Crippen LogP contribution in [0.15, 0.2) is 42.5 Å². The summed E-state index contributed by atoms with van der Waals surface area (Å²) in [6.45, 7) is 7.08. The molecule has 4 saturated heterocycles. The number of nitrogens with two attached hydrogens (primary N) is 1. The number of nitrogens with one attached hydrogen (secondary N) is 1. The highest BCUT2D eigenvalue weighted by atomic mass is 19.1. The highest BCUT2D eigenvalue weighted by Gasteiger charge is 2.49. The van der Waals surface area contributed by atoms with Crippen LogP contribution in [0.1, 0.15) is 63.9 Å². The number of hydrogen-bond acceptors (Lipinski definition) is 8. The summed E-state index contributed by atoms with van der Waals surface area (Å²) in [7, 11) is 0. The minimum Gasteiger partial charge on any atom is -0.463 e. The number of anilines is 2. The number of benzene rings is 3. The van der Waals surface area contributed by atoms with Crippen LogP contribution in [0.4, 0.5) is 15.9 Å². The number of aryl methyl sites for hydroxylation is 1. The van der Waals surface area contributed by atoms with Crippen LogP contribution >= 0.6 is 0 Å². The van der Waals surface area contributed by atoms with Crippen molar-refractivity contribution in [1.82, 2.24) is 20.2 Å². The summed E-state index contributed by atoms with van der Waals surface area (Å²) in [5.74, 6) is 0.425. The Kier molecular flexibility index (Phi) is 7.70. The molecule has 4 bridgehead atoms. The Morgan fingerprint density at radius 2 is 1.83 bits per heavy atom. The molecule has 8 nitrogen and oxygen atoms in total. The van der Waals surface area contributed by atoms with E-state index in [9.17, 15) is 0 Å². The zero-order chi connectivity index (χ0) is 32.4. The predicted octanol–water partition coefficient (Wildman–Crippen LogP) is 6.48. The summed E-state index contributed by atoms with van der Waals surface area (Å²) in [4.78, 5) is 15.0. The first kappa shape index (κ1) is 30.5. The first-order chi connectivity index (χ1) is 23.5. The van der Waals surface area contributed by atoms with E-state index in [1.54, 1.807) is 0 Å². The van der Waals surface area contributed by atoms with Crippen molar-refractivity contribution in [2.24, 2.45) is 5.41 Å². The summed E-state index contributed by atoms with van der Waals surface area (Å²) in [6.07, 6.45) is 10.2. The molecule has 4 aliphatic heterocycles. The Hall–Kier alpha value is -3.53. The lowest BCUT2D eigenvalue weighted by Gasteiger charge is -2.37. The molecule has 1 saturated carbocycles. The topological polar surface area (TPSA) is 88.8 Å². The number of ether oxygens (including phenoxy) is 2. The normalized spacial score (nSPS) is 26.6. The van der Waals surface area contributed by atoms with Gasteiger partial charge < -0.3 is 25.4 Å². The van der Waals surface area contributed by atoms with Crippen LogP contribution in [0.2, 0.25) is 0 Å². The van der Waals surface area contributed by atoms with Crippen molar-refractivity contribution >= 4 is 33.2 Å². The molecule has 1 aromatic heterocycles. The van der Waals surface area contributed by atoms with Crippen LogP contribution < -0.4 is 20.7 Å². The third-order valence-electron chi connectivity index (χ3n) is 12.0. The van der Waals surface area contributed by atoms with Crippen molar-refractivity contribution in [2.75, 3.05) is 50.1 Å². The fraction of sp³-hybridized carbons (Fsp3) is 0.538. The number of hydrogen-bond donors (Lipinski definition) is 2. The average Bonchev–Trinajstić information content (AvgIpc) is 3.86.